The number of halogens is 4. The Kier molecular flexibility index (Phi) is 4.34. The first kappa shape index (κ1) is 15.0. The number of nitrogens with zero attached hydrogens (tertiary/aromatic N) is 1. The van der Waals surface area contributed by atoms with Gasteiger partial charge in [-0.2, -0.15) is 25.8 Å². The molecular formula is C12H11F3INOS. The van der Waals surface area contributed by atoms with E-state index < -0.39 is 11.7 Å². The number of benzene rings is 1. The summed E-state index contributed by atoms with van der Waals surface area (Å²) in [6, 6.07) is 3.44. The molecule has 1 saturated heterocycles. The van der Waals surface area contributed by atoms with Crippen LogP contribution in [0.25, 0.3) is 0 Å². The third kappa shape index (κ3) is 3.18. The Balaban J connectivity index is 2.30. The van der Waals surface area contributed by atoms with Gasteiger partial charge in [0.2, 0.25) is 5.91 Å². The van der Waals surface area contributed by atoms with E-state index in [1.165, 1.54) is 6.07 Å². The van der Waals surface area contributed by atoms with Crippen molar-refractivity contribution in [3.05, 3.63) is 27.3 Å². The Morgan fingerprint density at radius 2 is 2.11 bits per heavy atom. The zero-order valence-electron chi connectivity index (χ0n) is 9.75. The summed E-state index contributed by atoms with van der Waals surface area (Å²) in [4.78, 5) is 13.4. The molecule has 1 atom stereocenters. The number of carbonyl (C=O) groups is 1. The van der Waals surface area contributed by atoms with Crippen LogP contribution in [0.1, 0.15) is 12.0 Å². The molecule has 1 aliphatic rings. The molecule has 0 radical (unpaired) electrons. The number of thiol groups is 1. The summed E-state index contributed by atoms with van der Waals surface area (Å²) in [5.74, 6) is 0.699. The molecule has 0 N–H and O–H groups in total. The number of hydrogen-bond acceptors (Lipinski definition) is 2. The summed E-state index contributed by atoms with van der Waals surface area (Å²) in [7, 11) is 0. The molecule has 1 aliphatic heterocycles. The minimum absolute atomic E-state index is 0.0586. The maximum atomic E-state index is 12.6. The Labute approximate surface area is 127 Å². The van der Waals surface area contributed by atoms with Crippen LogP contribution in [0, 0.1) is 9.49 Å². The number of alkyl halides is 3. The number of anilines is 1. The van der Waals surface area contributed by atoms with Crippen molar-refractivity contribution in [2.24, 2.45) is 5.92 Å². The van der Waals surface area contributed by atoms with E-state index in [1.54, 1.807) is 4.90 Å². The smallest absolute Gasteiger partial charge is 0.311 e. The summed E-state index contributed by atoms with van der Waals surface area (Å²) in [6.07, 6.45) is -3.96. The van der Waals surface area contributed by atoms with Crippen molar-refractivity contribution in [1.29, 1.82) is 0 Å². The summed E-state index contributed by atoms with van der Waals surface area (Å²) >= 11 is 5.99. The summed E-state index contributed by atoms with van der Waals surface area (Å²) in [5.41, 5.74) is -0.152. The molecular weight excluding hydrogens is 390 g/mol. The van der Waals surface area contributed by atoms with Crippen LogP contribution in [0.5, 0.6) is 0 Å². The SMILES string of the molecule is O=C1CC(CS)CN1c1ccc(C(F)(F)F)cc1I. The lowest BCUT2D eigenvalue weighted by Crippen LogP contribution is -2.25. The summed E-state index contributed by atoms with van der Waals surface area (Å²) in [6.45, 7) is 0.518. The van der Waals surface area contributed by atoms with Gasteiger partial charge in [-0.05, 0) is 52.5 Å². The number of amides is 1. The van der Waals surface area contributed by atoms with Crippen molar-refractivity contribution >= 4 is 46.8 Å². The monoisotopic (exact) mass is 401 g/mol. The maximum Gasteiger partial charge on any atom is 0.416 e. The average Bonchev–Trinajstić information content (AvgIpc) is 2.69. The molecule has 0 saturated carbocycles. The molecule has 7 heteroatoms. The van der Waals surface area contributed by atoms with Gasteiger partial charge in [0.25, 0.3) is 0 Å². The lowest BCUT2D eigenvalue weighted by Gasteiger charge is -2.19. The third-order valence-electron chi connectivity index (χ3n) is 3.03. The highest BCUT2D eigenvalue weighted by Crippen LogP contribution is 2.35. The molecule has 1 amide bonds. The van der Waals surface area contributed by atoms with Crippen molar-refractivity contribution in [3.63, 3.8) is 0 Å². The van der Waals surface area contributed by atoms with Crippen LogP contribution in [0.2, 0.25) is 0 Å². The summed E-state index contributed by atoms with van der Waals surface area (Å²) < 4.78 is 38.2. The Bertz CT molecular complexity index is 506. The van der Waals surface area contributed by atoms with Gasteiger partial charge in [-0.1, -0.05) is 0 Å². The number of rotatable bonds is 2. The van der Waals surface area contributed by atoms with Gasteiger partial charge >= 0.3 is 6.18 Å². The molecule has 2 nitrogen and oxygen atoms in total. The predicted molar refractivity (Wildman–Crippen MR) is 78.5 cm³/mol. The minimum Gasteiger partial charge on any atom is -0.311 e. The highest BCUT2D eigenvalue weighted by atomic mass is 127. The Hall–Kier alpha value is -0.440. The molecule has 1 aromatic rings. The fourth-order valence-electron chi connectivity index (χ4n) is 2.04. The second-order valence-electron chi connectivity index (χ2n) is 4.42. The predicted octanol–water partition coefficient (Wildman–Crippen LogP) is 3.59. The van der Waals surface area contributed by atoms with E-state index in [-0.39, 0.29) is 11.8 Å². The van der Waals surface area contributed by atoms with Gasteiger partial charge in [-0.15, -0.1) is 0 Å². The molecule has 0 aromatic heterocycles. The lowest BCUT2D eigenvalue weighted by atomic mass is 10.1. The highest BCUT2D eigenvalue weighted by Gasteiger charge is 2.34. The second kappa shape index (κ2) is 5.51. The van der Waals surface area contributed by atoms with E-state index >= 15 is 0 Å². The van der Waals surface area contributed by atoms with E-state index in [9.17, 15) is 18.0 Å². The van der Waals surface area contributed by atoms with E-state index in [4.69, 9.17) is 0 Å². The van der Waals surface area contributed by atoms with Gasteiger partial charge in [0, 0.05) is 16.5 Å². The molecule has 19 heavy (non-hydrogen) atoms. The van der Waals surface area contributed by atoms with Gasteiger partial charge in [-0.25, -0.2) is 0 Å². The molecule has 1 fully saturated rings. The largest absolute Gasteiger partial charge is 0.416 e. The number of hydrogen-bond donors (Lipinski definition) is 1. The van der Waals surface area contributed by atoms with E-state index in [2.05, 4.69) is 12.6 Å². The zero-order chi connectivity index (χ0) is 14.2. The molecule has 104 valence electrons. The summed E-state index contributed by atoms with van der Waals surface area (Å²) in [5, 5.41) is 0. The first-order valence-corrected chi connectivity index (χ1v) is 7.32. The fraction of sp³-hybridized carbons (Fsp3) is 0.417. The Morgan fingerprint density at radius 3 is 2.58 bits per heavy atom. The minimum atomic E-state index is -4.36. The van der Waals surface area contributed by atoms with Gasteiger partial charge < -0.3 is 4.90 Å². The van der Waals surface area contributed by atoms with Gasteiger partial charge in [0.15, 0.2) is 0 Å². The quantitative estimate of drug-likeness (QED) is 0.594. The van der Waals surface area contributed by atoms with E-state index in [1.807, 2.05) is 22.6 Å². The third-order valence-corrected chi connectivity index (χ3v) is 4.41. The van der Waals surface area contributed by atoms with Crippen molar-refractivity contribution in [1.82, 2.24) is 0 Å². The molecule has 1 aromatic carbocycles. The Morgan fingerprint density at radius 1 is 1.42 bits per heavy atom. The molecule has 0 spiro atoms. The van der Waals surface area contributed by atoms with Crippen LogP contribution in [0.4, 0.5) is 18.9 Å². The van der Waals surface area contributed by atoms with E-state index in [0.29, 0.717) is 28.0 Å². The van der Waals surface area contributed by atoms with Crippen LogP contribution >= 0.6 is 35.2 Å². The van der Waals surface area contributed by atoms with Gasteiger partial charge in [0.1, 0.15) is 0 Å². The highest BCUT2D eigenvalue weighted by molar-refractivity contribution is 14.1. The van der Waals surface area contributed by atoms with Gasteiger partial charge in [-0.3, -0.25) is 4.79 Å². The zero-order valence-corrected chi connectivity index (χ0v) is 12.8. The number of carbonyl (C=O) groups excluding carboxylic acids is 1. The molecule has 1 heterocycles. The molecule has 2 rings (SSSR count). The topological polar surface area (TPSA) is 20.3 Å². The van der Waals surface area contributed by atoms with Gasteiger partial charge in [0.05, 0.1) is 11.3 Å². The lowest BCUT2D eigenvalue weighted by molar-refractivity contribution is -0.137. The maximum absolute atomic E-state index is 12.6. The van der Waals surface area contributed by atoms with Crippen LogP contribution in [-0.4, -0.2) is 18.2 Å². The first-order chi connectivity index (χ1) is 8.82. The van der Waals surface area contributed by atoms with Crippen molar-refractivity contribution in [2.45, 2.75) is 12.6 Å². The normalized spacial score (nSPS) is 20.2. The van der Waals surface area contributed by atoms with Crippen LogP contribution in [0.3, 0.4) is 0 Å². The van der Waals surface area contributed by atoms with Crippen molar-refractivity contribution in [2.75, 3.05) is 17.2 Å². The standard InChI is InChI=1S/C12H11F3INOS/c13-12(14,15)8-1-2-10(9(16)4-8)17-5-7(6-19)3-11(17)18/h1-2,4,7,19H,3,5-6H2. The van der Waals surface area contributed by atoms with Crippen molar-refractivity contribution in [3.8, 4) is 0 Å². The molecule has 1 unspecified atom stereocenters. The van der Waals surface area contributed by atoms with Crippen LogP contribution in [0.15, 0.2) is 18.2 Å². The fourth-order valence-corrected chi connectivity index (χ4v) is 3.09. The first-order valence-electron chi connectivity index (χ1n) is 5.61. The van der Waals surface area contributed by atoms with E-state index in [0.717, 1.165) is 12.1 Å². The molecule has 0 aliphatic carbocycles. The second-order valence-corrected chi connectivity index (χ2v) is 5.95. The van der Waals surface area contributed by atoms with Crippen LogP contribution < -0.4 is 4.90 Å². The van der Waals surface area contributed by atoms with Crippen molar-refractivity contribution < 1.29 is 18.0 Å². The van der Waals surface area contributed by atoms with Crippen LogP contribution in [-0.2, 0) is 11.0 Å². The average molecular weight is 401 g/mol. The molecule has 0 bridgehead atoms.